The third-order valence-electron chi connectivity index (χ3n) is 4.42. The summed E-state index contributed by atoms with van der Waals surface area (Å²) >= 11 is 5.88. The van der Waals surface area contributed by atoms with Crippen molar-refractivity contribution < 1.29 is 22.3 Å². The second-order valence-electron chi connectivity index (χ2n) is 6.29. The van der Waals surface area contributed by atoms with Gasteiger partial charge in [-0.05, 0) is 30.3 Å². The van der Waals surface area contributed by atoms with Gasteiger partial charge in [-0.1, -0.05) is 11.6 Å². The van der Waals surface area contributed by atoms with Gasteiger partial charge in [0.1, 0.15) is 5.82 Å². The van der Waals surface area contributed by atoms with Crippen LogP contribution in [0, 0.1) is 5.82 Å². The first-order valence-electron chi connectivity index (χ1n) is 8.80. The zero-order chi connectivity index (χ0) is 21.0. The number of anilines is 1. The van der Waals surface area contributed by atoms with E-state index < -0.39 is 22.0 Å². The van der Waals surface area contributed by atoms with Crippen LogP contribution in [0.1, 0.15) is 16.1 Å². The van der Waals surface area contributed by atoms with E-state index in [1.54, 1.807) is 0 Å². The Labute approximate surface area is 173 Å². The van der Waals surface area contributed by atoms with Crippen LogP contribution >= 0.6 is 11.6 Å². The average Bonchev–Trinajstić information content (AvgIpc) is 2.74. The van der Waals surface area contributed by atoms with Crippen molar-refractivity contribution in [1.82, 2.24) is 14.6 Å². The number of carbonyl (C=O) groups is 1. The standard InChI is InChI=1S/C18H20ClFN4O4S/c1-28-18(25)13-2-3-14(22-11-13)12-24(15-4-5-17(20)16(19)10-15)29(26,27)23-8-6-21-7-9-23/h2-5,10-11,21H,6-9,12H2,1H3. The molecule has 0 atom stereocenters. The van der Waals surface area contributed by atoms with E-state index in [-0.39, 0.29) is 22.8 Å². The molecule has 11 heteroatoms. The van der Waals surface area contributed by atoms with E-state index in [1.807, 2.05) is 0 Å². The van der Waals surface area contributed by atoms with Crippen molar-refractivity contribution in [3.8, 4) is 0 Å². The van der Waals surface area contributed by atoms with E-state index in [0.29, 0.717) is 31.9 Å². The Morgan fingerprint density at radius 3 is 2.62 bits per heavy atom. The lowest BCUT2D eigenvalue weighted by Crippen LogP contribution is -2.51. The second kappa shape index (κ2) is 9.04. The molecule has 156 valence electrons. The minimum absolute atomic E-state index is 0.115. The summed E-state index contributed by atoms with van der Waals surface area (Å²) in [6.45, 7) is 1.56. The number of rotatable bonds is 6. The molecular weight excluding hydrogens is 423 g/mol. The minimum atomic E-state index is -3.92. The lowest BCUT2D eigenvalue weighted by molar-refractivity contribution is 0.0600. The summed E-state index contributed by atoms with van der Waals surface area (Å²) in [7, 11) is -2.66. The van der Waals surface area contributed by atoms with Crippen molar-refractivity contribution in [2.45, 2.75) is 6.54 Å². The smallest absolute Gasteiger partial charge is 0.339 e. The van der Waals surface area contributed by atoms with Crippen LogP contribution < -0.4 is 9.62 Å². The molecule has 1 fully saturated rings. The number of pyridine rings is 1. The van der Waals surface area contributed by atoms with Crippen LogP contribution in [0.4, 0.5) is 10.1 Å². The molecule has 0 bridgehead atoms. The highest BCUT2D eigenvalue weighted by Crippen LogP contribution is 2.27. The van der Waals surface area contributed by atoms with Gasteiger partial charge in [0, 0.05) is 32.4 Å². The summed E-state index contributed by atoms with van der Waals surface area (Å²) in [5, 5.41) is 2.92. The molecule has 3 rings (SSSR count). The van der Waals surface area contributed by atoms with Gasteiger partial charge in [0.05, 0.1) is 35.6 Å². The van der Waals surface area contributed by atoms with Crippen LogP contribution in [-0.2, 0) is 21.5 Å². The first kappa shape index (κ1) is 21.4. The number of aromatic nitrogens is 1. The molecule has 1 N–H and O–H groups in total. The second-order valence-corrected chi connectivity index (χ2v) is 8.55. The van der Waals surface area contributed by atoms with Crippen molar-refractivity contribution in [2.75, 3.05) is 37.6 Å². The summed E-state index contributed by atoms with van der Waals surface area (Å²) in [5.74, 6) is -1.19. The van der Waals surface area contributed by atoms with Crippen LogP contribution in [0.3, 0.4) is 0 Å². The van der Waals surface area contributed by atoms with Crippen molar-refractivity contribution in [3.05, 3.63) is 58.6 Å². The first-order valence-corrected chi connectivity index (χ1v) is 10.6. The third kappa shape index (κ3) is 4.84. The number of nitrogens with zero attached hydrogens (tertiary/aromatic N) is 3. The first-order chi connectivity index (χ1) is 13.8. The molecule has 1 aromatic heterocycles. The monoisotopic (exact) mass is 442 g/mol. The SMILES string of the molecule is COC(=O)c1ccc(CN(c2ccc(F)c(Cl)c2)S(=O)(=O)N2CCNCC2)nc1. The number of esters is 1. The molecule has 8 nitrogen and oxygen atoms in total. The molecule has 0 saturated carbocycles. The molecule has 0 aliphatic carbocycles. The molecule has 0 radical (unpaired) electrons. The van der Waals surface area contributed by atoms with Crippen LogP contribution in [0.5, 0.6) is 0 Å². The van der Waals surface area contributed by atoms with E-state index in [0.717, 1.165) is 10.4 Å². The Morgan fingerprint density at radius 1 is 1.31 bits per heavy atom. The number of piperazine rings is 1. The molecule has 1 aromatic carbocycles. The fourth-order valence-corrected chi connectivity index (χ4v) is 4.64. The number of methoxy groups -OCH3 is 1. The lowest BCUT2D eigenvalue weighted by Gasteiger charge is -2.33. The van der Waals surface area contributed by atoms with Crippen LogP contribution in [-0.4, -0.2) is 57.0 Å². The van der Waals surface area contributed by atoms with Gasteiger partial charge in [-0.25, -0.2) is 9.18 Å². The number of benzene rings is 1. The molecule has 0 spiro atoms. The number of hydrogen-bond acceptors (Lipinski definition) is 6. The number of hydrogen-bond donors (Lipinski definition) is 1. The van der Waals surface area contributed by atoms with Gasteiger partial charge >= 0.3 is 16.2 Å². The van der Waals surface area contributed by atoms with Crippen molar-refractivity contribution in [2.24, 2.45) is 0 Å². The lowest BCUT2D eigenvalue weighted by atomic mass is 10.2. The summed E-state index contributed by atoms with van der Waals surface area (Å²) in [6, 6.07) is 6.77. The fraction of sp³-hybridized carbons (Fsp3) is 0.333. The number of nitrogens with one attached hydrogen (secondary N) is 1. The molecule has 0 amide bonds. The maximum absolute atomic E-state index is 13.6. The zero-order valence-corrected chi connectivity index (χ0v) is 17.2. The Hall–Kier alpha value is -2.27. The predicted molar refractivity (Wildman–Crippen MR) is 107 cm³/mol. The number of carbonyl (C=O) groups excluding carboxylic acids is 1. The van der Waals surface area contributed by atoms with Gasteiger partial charge < -0.3 is 10.1 Å². The quantitative estimate of drug-likeness (QED) is 0.686. The molecule has 1 aliphatic rings. The third-order valence-corrected chi connectivity index (χ3v) is 6.63. The molecular formula is C18H20ClFN4O4S. The maximum Gasteiger partial charge on any atom is 0.339 e. The van der Waals surface area contributed by atoms with Crippen molar-refractivity contribution >= 4 is 33.5 Å². The summed E-state index contributed by atoms with van der Waals surface area (Å²) < 4.78 is 47.3. The largest absolute Gasteiger partial charge is 0.465 e. The number of halogens is 2. The Balaban J connectivity index is 1.96. The van der Waals surface area contributed by atoms with Crippen LogP contribution in [0.15, 0.2) is 36.5 Å². The van der Waals surface area contributed by atoms with Gasteiger partial charge in [0.2, 0.25) is 0 Å². The Bertz CT molecular complexity index is 982. The Kier molecular flexibility index (Phi) is 6.68. The van der Waals surface area contributed by atoms with E-state index >= 15 is 0 Å². The van der Waals surface area contributed by atoms with Crippen LogP contribution in [0.2, 0.25) is 5.02 Å². The molecule has 1 saturated heterocycles. The maximum atomic E-state index is 13.6. The van der Waals surface area contributed by atoms with E-state index in [4.69, 9.17) is 11.6 Å². The van der Waals surface area contributed by atoms with Gasteiger partial charge in [0.25, 0.3) is 0 Å². The van der Waals surface area contributed by atoms with Gasteiger partial charge in [-0.15, -0.1) is 0 Å². The zero-order valence-electron chi connectivity index (χ0n) is 15.6. The number of ether oxygens (including phenoxy) is 1. The highest BCUT2D eigenvalue weighted by molar-refractivity contribution is 7.90. The molecule has 2 aromatic rings. The fourth-order valence-electron chi connectivity index (χ4n) is 2.86. The van der Waals surface area contributed by atoms with E-state index in [1.165, 1.54) is 41.9 Å². The van der Waals surface area contributed by atoms with E-state index in [2.05, 4.69) is 15.0 Å². The molecule has 0 unspecified atom stereocenters. The van der Waals surface area contributed by atoms with Gasteiger partial charge in [-0.3, -0.25) is 9.29 Å². The minimum Gasteiger partial charge on any atom is -0.465 e. The summed E-state index contributed by atoms with van der Waals surface area (Å²) in [6.07, 6.45) is 1.31. The van der Waals surface area contributed by atoms with E-state index in [9.17, 15) is 17.6 Å². The van der Waals surface area contributed by atoms with Crippen LogP contribution in [0.25, 0.3) is 0 Å². The summed E-state index contributed by atoms with van der Waals surface area (Å²) in [4.78, 5) is 15.7. The molecule has 1 aliphatic heterocycles. The molecule has 29 heavy (non-hydrogen) atoms. The van der Waals surface area contributed by atoms with Gasteiger partial charge in [0.15, 0.2) is 0 Å². The van der Waals surface area contributed by atoms with Crippen molar-refractivity contribution in [1.29, 1.82) is 0 Å². The average molecular weight is 443 g/mol. The topological polar surface area (TPSA) is 91.8 Å². The highest BCUT2D eigenvalue weighted by atomic mass is 35.5. The summed E-state index contributed by atoms with van der Waals surface area (Å²) in [5.41, 5.74) is 0.864. The van der Waals surface area contributed by atoms with Crippen molar-refractivity contribution in [3.63, 3.8) is 0 Å². The predicted octanol–water partition coefficient (Wildman–Crippen LogP) is 1.82. The normalized spacial score (nSPS) is 15.1. The highest BCUT2D eigenvalue weighted by Gasteiger charge is 2.31. The van der Waals surface area contributed by atoms with Gasteiger partial charge in [-0.2, -0.15) is 12.7 Å². The Morgan fingerprint density at radius 2 is 2.03 bits per heavy atom. The molecule has 2 heterocycles.